The summed E-state index contributed by atoms with van der Waals surface area (Å²) in [5.41, 5.74) is 0.718. The van der Waals surface area contributed by atoms with Crippen molar-refractivity contribution in [3.63, 3.8) is 0 Å². The van der Waals surface area contributed by atoms with Crippen molar-refractivity contribution in [2.45, 2.75) is 0 Å². The van der Waals surface area contributed by atoms with Crippen molar-refractivity contribution in [1.29, 1.82) is 0 Å². The predicted octanol–water partition coefficient (Wildman–Crippen LogP) is 3.74. The first-order valence-electron chi connectivity index (χ1n) is 4.12. The molecule has 0 atom stereocenters. The lowest BCUT2D eigenvalue weighted by atomic mass is 10.1. The number of hydrogen-bond donors (Lipinski definition) is 0. The standard InChI is InChI=1S/C11H7BrOS/c12-9-5-2-1-4-8(9)11(13)10-6-3-7-14-10/h1-7H. The number of halogens is 1. The highest BCUT2D eigenvalue weighted by Gasteiger charge is 2.11. The molecule has 70 valence electrons. The molecule has 0 radical (unpaired) electrons. The maximum absolute atomic E-state index is 11.9. The van der Waals surface area contributed by atoms with Crippen LogP contribution in [0.3, 0.4) is 0 Å². The number of carbonyl (C=O) groups is 1. The Bertz CT molecular complexity index is 448. The smallest absolute Gasteiger partial charge is 0.204 e. The SMILES string of the molecule is O=C(c1cccs1)c1ccccc1Br. The number of benzene rings is 1. The van der Waals surface area contributed by atoms with Gasteiger partial charge in [-0.25, -0.2) is 0 Å². The van der Waals surface area contributed by atoms with Crippen molar-refractivity contribution in [3.05, 3.63) is 56.7 Å². The molecule has 14 heavy (non-hydrogen) atoms. The first-order chi connectivity index (χ1) is 6.79. The summed E-state index contributed by atoms with van der Waals surface area (Å²) >= 11 is 4.83. The van der Waals surface area contributed by atoms with Crippen LogP contribution in [0, 0.1) is 0 Å². The lowest BCUT2D eigenvalue weighted by Crippen LogP contribution is -1.98. The molecular weight excluding hydrogens is 260 g/mol. The number of thiophene rings is 1. The van der Waals surface area contributed by atoms with Gasteiger partial charge in [-0.1, -0.05) is 34.1 Å². The van der Waals surface area contributed by atoms with E-state index in [1.54, 1.807) is 0 Å². The fourth-order valence-corrected chi connectivity index (χ4v) is 2.33. The number of carbonyl (C=O) groups excluding carboxylic acids is 1. The van der Waals surface area contributed by atoms with Crippen LogP contribution in [0.25, 0.3) is 0 Å². The van der Waals surface area contributed by atoms with Gasteiger partial charge in [0.1, 0.15) is 0 Å². The fraction of sp³-hybridized carbons (Fsp3) is 0. The zero-order valence-electron chi connectivity index (χ0n) is 7.24. The maximum atomic E-state index is 11.9. The van der Waals surface area contributed by atoms with Crippen LogP contribution in [-0.2, 0) is 0 Å². The van der Waals surface area contributed by atoms with Gasteiger partial charge in [-0.3, -0.25) is 4.79 Å². The molecule has 0 bridgehead atoms. The molecule has 1 aromatic carbocycles. The average molecular weight is 267 g/mol. The van der Waals surface area contributed by atoms with Gasteiger partial charge in [0.2, 0.25) is 5.78 Å². The molecule has 0 aliphatic heterocycles. The molecule has 1 nitrogen and oxygen atoms in total. The van der Waals surface area contributed by atoms with Crippen molar-refractivity contribution in [2.24, 2.45) is 0 Å². The van der Waals surface area contributed by atoms with Gasteiger partial charge in [0.05, 0.1) is 4.88 Å². The second-order valence-corrected chi connectivity index (χ2v) is 4.59. The second kappa shape index (κ2) is 4.07. The van der Waals surface area contributed by atoms with E-state index in [-0.39, 0.29) is 5.78 Å². The monoisotopic (exact) mass is 266 g/mol. The molecule has 0 aliphatic carbocycles. The normalized spacial score (nSPS) is 10.1. The highest BCUT2D eigenvalue weighted by atomic mass is 79.9. The van der Waals surface area contributed by atoms with Crippen LogP contribution in [0.2, 0.25) is 0 Å². The Hall–Kier alpha value is -0.930. The third-order valence-electron chi connectivity index (χ3n) is 1.86. The van der Waals surface area contributed by atoms with E-state index in [1.807, 2.05) is 41.8 Å². The second-order valence-electron chi connectivity index (χ2n) is 2.79. The van der Waals surface area contributed by atoms with Crippen molar-refractivity contribution < 1.29 is 4.79 Å². The third-order valence-corrected chi connectivity index (χ3v) is 3.42. The van der Waals surface area contributed by atoms with Crippen LogP contribution in [0.1, 0.15) is 15.2 Å². The van der Waals surface area contributed by atoms with Crippen LogP contribution < -0.4 is 0 Å². The molecule has 0 N–H and O–H groups in total. The highest BCUT2D eigenvalue weighted by Crippen LogP contribution is 2.21. The van der Waals surface area contributed by atoms with Crippen LogP contribution in [0.4, 0.5) is 0 Å². The van der Waals surface area contributed by atoms with E-state index in [9.17, 15) is 4.79 Å². The summed E-state index contributed by atoms with van der Waals surface area (Å²) in [5.74, 6) is 0.0764. The molecule has 1 aromatic heterocycles. The number of rotatable bonds is 2. The Morgan fingerprint density at radius 1 is 1.14 bits per heavy atom. The molecule has 0 amide bonds. The van der Waals surface area contributed by atoms with Gasteiger partial charge in [-0.05, 0) is 23.6 Å². The molecular formula is C11H7BrOS. The lowest BCUT2D eigenvalue weighted by molar-refractivity contribution is 0.104. The van der Waals surface area contributed by atoms with Crippen LogP contribution in [0.15, 0.2) is 46.3 Å². The van der Waals surface area contributed by atoms with Crippen LogP contribution in [0.5, 0.6) is 0 Å². The van der Waals surface area contributed by atoms with Crippen molar-refractivity contribution in [1.82, 2.24) is 0 Å². The van der Waals surface area contributed by atoms with E-state index >= 15 is 0 Å². The summed E-state index contributed by atoms with van der Waals surface area (Å²) in [6.07, 6.45) is 0. The Morgan fingerprint density at radius 3 is 2.57 bits per heavy atom. The minimum Gasteiger partial charge on any atom is -0.288 e. The molecule has 0 unspecified atom stereocenters. The largest absolute Gasteiger partial charge is 0.288 e. The average Bonchev–Trinajstić information content (AvgIpc) is 2.70. The topological polar surface area (TPSA) is 17.1 Å². The van der Waals surface area contributed by atoms with E-state index in [0.29, 0.717) is 0 Å². The van der Waals surface area contributed by atoms with Crippen molar-refractivity contribution >= 4 is 33.0 Å². The van der Waals surface area contributed by atoms with Gasteiger partial charge >= 0.3 is 0 Å². The van der Waals surface area contributed by atoms with Gasteiger partial charge in [-0.2, -0.15) is 0 Å². The first-order valence-corrected chi connectivity index (χ1v) is 5.79. The summed E-state index contributed by atoms with van der Waals surface area (Å²) in [6.45, 7) is 0. The Balaban J connectivity index is 2.42. The molecule has 2 rings (SSSR count). The molecule has 0 aliphatic rings. The van der Waals surface area contributed by atoms with Crippen LogP contribution in [-0.4, -0.2) is 5.78 Å². The van der Waals surface area contributed by atoms with Gasteiger partial charge in [0.15, 0.2) is 0 Å². The van der Waals surface area contributed by atoms with Gasteiger partial charge < -0.3 is 0 Å². The zero-order chi connectivity index (χ0) is 9.97. The Morgan fingerprint density at radius 2 is 1.93 bits per heavy atom. The molecule has 2 aromatic rings. The van der Waals surface area contributed by atoms with E-state index in [1.165, 1.54) is 11.3 Å². The number of ketones is 1. The molecule has 0 saturated carbocycles. The third kappa shape index (κ3) is 1.79. The van der Waals surface area contributed by atoms with Gasteiger partial charge in [0, 0.05) is 10.0 Å². The summed E-state index contributed by atoms with van der Waals surface area (Å²) in [4.78, 5) is 12.7. The quantitative estimate of drug-likeness (QED) is 0.757. The Labute approximate surface area is 94.5 Å². The van der Waals surface area contributed by atoms with E-state index in [4.69, 9.17) is 0 Å². The summed E-state index contributed by atoms with van der Waals surface area (Å²) < 4.78 is 0.846. The predicted molar refractivity (Wildman–Crippen MR) is 61.9 cm³/mol. The zero-order valence-corrected chi connectivity index (χ0v) is 9.64. The maximum Gasteiger partial charge on any atom is 0.204 e. The van der Waals surface area contributed by atoms with E-state index in [0.717, 1.165) is 14.9 Å². The molecule has 0 fully saturated rings. The van der Waals surface area contributed by atoms with Gasteiger partial charge in [-0.15, -0.1) is 11.3 Å². The lowest BCUT2D eigenvalue weighted by Gasteiger charge is -2.00. The highest BCUT2D eigenvalue weighted by molar-refractivity contribution is 9.10. The summed E-state index contributed by atoms with van der Waals surface area (Å²) in [5, 5.41) is 1.91. The van der Waals surface area contributed by atoms with E-state index < -0.39 is 0 Å². The first kappa shape index (κ1) is 9.62. The number of hydrogen-bond acceptors (Lipinski definition) is 2. The molecule has 0 saturated heterocycles. The minimum absolute atomic E-state index is 0.0764. The minimum atomic E-state index is 0.0764. The van der Waals surface area contributed by atoms with Crippen LogP contribution >= 0.6 is 27.3 Å². The van der Waals surface area contributed by atoms with E-state index in [2.05, 4.69) is 15.9 Å². The van der Waals surface area contributed by atoms with Gasteiger partial charge in [0.25, 0.3) is 0 Å². The molecule has 1 heterocycles. The molecule has 3 heteroatoms. The fourth-order valence-electron chi connectivity index (χ4n) is 1.19. The molecule has 0 spiro atoms. The summed E-state index contributed by atoms with van der Waals surface area (Å²) in [6, 6.07) is 11.2. The van der Waals surface area contributed by atoms with Crippen molar-refractivity contribution in [2.75, 3.05) is 0 Å². The Kier molecular flexibility index (Phi) is 2.79. The summed E-state index contributed by atoms with van der Waals surface area (Å²) in [7, 11) is 0. The van der Waals surface area contributed by atoms with Crippen molar-refractivity contribution in [3.8, 4) is 0 Å².